The van der Waals surface area contributed by atoms with Gasteiger partial charge < -0.3 is 14.4 Å². The number of anilines is 1. The summed E-state index contributed by atoms with van der Waals surface area (Å²) in [6.07, 6.45) is 2.69. The molecule has 0 aliphatic carbocycles. The number of aromatic nitrogens is 4. The molecule has 1 aromatic carbocycles. The molecule has 0 radical (unpaired) electrons. The zero-order chi connectivity index (χ0) is 17.4. The fourth-order valence-corrected chi connectivity index (χ4v) is 3.56. The minimum absolute atomic E-state index is 0.376. The number of aryl methyl sites for hydroxylation is 1. The summed E-state index contributed by atoms with van der Waals surface area (Å²) in [5, 5.41) is 12.6. The number of rotatable bonds is 4. The average Bonchev–Trinajstić information content (AvgIpc) is 3.29. The summed E-state index contributed by atoms with van der Waals surface area (Å²) in [6.45, 7) is 3.84. The predicted molar refractivity (Wildman–Crippen MR) is 94.6 cm³/mol. The maximum atomic E-state index is 5.56. The van der Waals surface area contributed by atoms with E-state index in [2.05, 4.69) is 32.3 Å². The van der Waals surface area contributed by atoms with Gasteiger partial charge in [-0.25, -0.2) is 0 Å². The predicted octanol–water partition coefficient (Wildman–Crippen LogP) is 2.44. The van der Waals surface area contributed by atoms with Crippen LogP contribution in [-0.2, 0) is 0 Å². The van der Waals surface area contributed by atoms with Crippen LogP contribution in [0.2, 0.25) is 0 Å². The molecule has 130 valence electrons. The Hall–Kier alpha value is -2.83. The first-order valence-electron chi connectivity index (χ1n) is 8.34. The van der Waals surface area contributed by atoms with Gasteiger partial charge in [-0.15, -0.1) is 10.2 Å². The topological polar surface area (TPSA) is 64.8 Å². The number of methoxy groups -OCH3 is 2. The third kappa shape index (κ3) is 2.75. The number of benzene rings is 1. The van der Waals surface area contributed by atoms with E-state index >= 15 is 0 Å². The number of nitrogens with zero attached hydrogens (tertiary/aromatic N) is 5. The quantitative estimate of drug-likeness (QED) is 0.727. The Bertz CT molecular complexity index is 908. The van der Waals surface area contributed by atoms with Gasteiger partial charge in [0.05, 0.1) is 25.6 Å². The Morgan fingerprint density at radius 3 is 2.84 bits per heavy atom. The van der Waals surface area contributed by atoms with E-state index in [4.69, 9.17) is 9.47 Å². The lowest BCUT2D eigenvalue weighted by atomic mass is 9.97. The van der Waals surface area contributed by atoms with Crippen LogP contribution in [0.5, 0.6) is 11.5 Å². The first-order chi connectivity index (χ1) is 12.2. The van der Waals surface area contributed by atoms with E-state index in [1.54, 1.807) is 25.1 Å². The summed E-state index contributed by atoms with van der Waals surface area (Å²) in [7, 11) is 3.40. The standard InChI is InChI=1S/C18H21N5O2/c1-12-8-16(18-20-19-11-23(18)21-12)22-7-6-13(10-22)15-9-14(24-2)4-5-17(15)25-3/h4-5,8-9,11,13H,6-7,10H2,1-3H3. The average molecular weight is 339 g/mol. The van der Waals surface area contributed by atoms with Gasteiger partial charge in [-0.3, -0.25) is 0 Å². The van der Waals surface area contributed by atoms with Gasteiger partial charge in [0.25, 0.3) is 0 Å². The summed E-state index contributed by atoms with van der Waals surface area (Å²) in [5.74, 6) is 2.14. The van der Waals surface area contributed by atoms with Gasteiger partial charge in [-0.05, 0) is 37.6 Å². The van der Waals surface area contributed by atoms with Crippen LogP contribution in [0.1, 0.15) is 23.6 Å². The van der Waals surface area contributed by atoms with Crippen LogP contribution < -0.4 is 14.4 Å². The highest BCUT2D eigenvalue weighted by molar-refractivity contribution is 5.69. The zero-order valence-corrected chi connectivity index (χ0v) is 14.6. The van der Waals surface area contributed by atoms with Crippen molar-refractivity contribution in [3.05, 3.63) is 41.9 Å². The maximum absolute atomic E-state index is 5.56. The van der Waals surface area contributed by atoms with Gasteiger partial charge in [0, 0.05) is 24.6 Å². The molecule has 1 atom stereocenters. The van der Waals surface area contributed by atoms with Crippen LogP contribution >= 0.6 is 0 Å². The number of ether oxygens (including phenoxy) is 2. The summed E-state index contributed by atoms with van der Waals surface area (Å²) in [4.78, 5) is 2.35. The van der Waals surface area contributed by atoms with Gasteiger partial charge in [0.15, 0.2) is 0 Å². The zero-order valence-electron chi connectivity index (χ0n) is 14.6. The molecule has 0 bridgehead atoms. The second kappa shape index (κ2) is 6.23. The second-order valence-electron chi connectivity index (χ2n) is 6.31. The molecule has 1 unspecified atom stereocenters. The molecule has 7 heteroatoms. The van der Waals surface area contributed by atoms with Gasteiger partial charge in [-0.1, -0.05) is 0 Å². The molecule has 1 aliphatic rings. The largest absolute Gasteiger partial charge is 0.497 e. The van der Waals surface area contributed by atoms with E-state index in [0.717, 1.165) is 48.0 Å². The van der Waals surface area contributed by atoms with Crippen LogP contribution in [0.15, 0.2) is 30.6 Å². The molecule has 0 amide bonds. The lowest BCUT2D eigenvalue weighted by molar-refractivity contribution is 0.396. The van der Waals surface area contributed by atoms with Gasteiger partial charge in [0.2, 0.25) is 5.65 Å². The Kier molecular flexibility index (Phi) is 3.91. The molecule has 3 heterocycles. The van der Waals surface area contributed by atoms with Crippen molar-refractivity contribution < 1.29 is 9.47 Å². The minimum Gasteiger partial charge on any atom is -0.497 e. The molecule has 1 fully saturated rings. The summed E-state index contributed by atoms with van der Waals surface area (Å²) in [5.41, 5.74) is 4.01. The molecule has 1 saturated heterocycles. The Balaban J connectivity index is 1.66. The van der Waals surface area contributed by atoms with Gasteiger partial charge >= 0.3 is 0 Å². The van der Waals surface area contributed by atoms with Crippen molar-refractivity contribution in [1.82, 2.24) is 19.8 Å². The Morgan fingerprint density at radius 1 is 1.16 bits per heavy atom. The molecule has 0 spiro atoms. The van der Waals surface area contributed by atoms with E-state index in [9.17, 15) is 0 Å². The van der Waals surface area contributed by atoms with Crippen LogP contribution in [0.4, 0.5) is 5.69 Å². The molecule has 3 aromatic rings. The van der Waals surface area contributed by atoms with Crippen LogP contribution in [0.3, 0.4) is 0 Å². The Labute approximate surface area is 146 Å². The van der Waals surface area contributed by atoms with Crippen LogP contribution in [-0.4, -0.2) is 47.1 Å². The van der Waals surface area contributed by atoms with Crippen molar-refractivity contribution in [2.75, 3.05) is 32.2 Å². The van der Waals surface area contributed by atoms with Gasteiger partial charge in [-0.2, -0.15) is 9.61 Å². The first-order valence-corrected chi connectivity index (χ1v) is 8.34. The van der Waals surface area contributed by atoms with Gasteiger partial charge in [0.1, 0.15) is 17.8 Å². The number of hydrogen-bond acceptors (Lipinski definition) is 6. The van der Waals surface area contributed by atoms with E-state index in [1.165, 1.54) is 5.56 Å². The number of fused-ring (bicyclic) bond motifs is 1. The van der Waals surface area contributed by atoms with Crippen molar-refractivity contribution in [3.8, 4) is 11.5 Å². The molecule has 4 rings (SSSR count). The molecule has 1 aliphatic heterocycles. The highest BCUT2D eigenvalue weighted by Crippen LogP contribution is 2.38. The van der Waals surface area contributed by atoms with E-state index < -0.39 is 0 Å². The summed E-state index contributed by atoms with van der Waals surface area (Å²) < 4.78 is 12.7. The lowest BCUT2D eigenvalue weighted by Crippen LogP contribution is -2.21. The first kappa shape index (κ1) is 15.7. The smallest absolute Gasteiger partial charge is 0.200 e. The SMILES string of the molecule is COc1ccc(OC)c(C2CCN(c3cc(C)nn4cnnc34)C2)c1. The summed E-state index contributed by atoms with van der Waals surface area (Å²) in [6, 6.07) is 8.07. The van der Waals surface area contributed by atoms with Crippen LogP contribution in [0, 0.1) is 6.92 Å². The van der Waals surface area contributed by atoms with E-state index in [1.807, 2.05) is 19.1 Å². The highest BCUT2D eigenvalue weighted by atomic mass is 16.5. The fourth-order valence-electron chi connectivity index (χ4n) is 3.56. The van der Waals surface area contributed by atoms with Crippen molar-refractivity contribution in [2.45, 2.75) is 19.3 Å². The fraction of sp³-hybridized carbons (Fsp3) is 0.389. The van der Waals surface area contributed by atoms with Crippen molar-refractivity contribution in [3.63, 3.8) is 0 Å². The summed E-state index contributed by atoms with van der Waals surface area (Å²) >= 11 is 0. The Morgan fingerprint density at radius 2 is 2.04 bits per heavy atom. The lowest BCUT2D eigenvalue weighted by Gasteiger charge is -2.20. The second-order valence-corrected chi connectivity index (χ2v) is 6.31. The normalized spacial score (nSPS) is 17.2. The van der Waals surface area contributed by atoms with Crippen molar-refractivity contribution in [2.24, 2.45) is 0 Å². The van der Waals surface area contributed by atoms with E-state index in [-0.39, 0.29) is 0 Å². The number of hydrogen-bond donors (Lipinski definition) is 0. The molecule has 2 aromatic heterocycles. The molecule has 7 nitrogen and oxygen atoms in total. The third-order valence-electron chi connectivity index (χ3n) is 4.78. The third-order valence-corrected chi connectivity index (χ3v) is 4.78. The van der Waals surface area contributed by atoms with Crippen molar-refractivity contribution in [1.29, 1.82) is 0 Å². The highest BCUT2D eigenvalue weighted by Gasteiger charge is 2.28. The van der Waals surface area contributed by atoms with E-state index in [0.29, 0.717) is 5.92 Å². The maximum Gasteiger partial charge on any atom is 0.200 e. The molecular formula is C18H21N5O2. The molecular weight excluding hydrogens is 318 g/mol. The molecule has 0 saturated carbocycles. The molecule has 25 heavy (non-hydrogen) atoms. The van der Waals surface area contributed by atoms with Crippen molar-refractivity contribution >= 4 is 11.3 Å². The molecule has 0 N–H and O–H groups in total. The minimum atomic E-state index is 0.376. The van der Waals surface area contributed by atoms with Crippen LogP contribution in [0.25, 0.3) is 5.65 Å². The monoisotopic (exact) mass is 339 g/mol.